The molecule has 0 saturated carbocycles. The van der Waals surface area contributed by atoms with E-state index >= 15 is 0 Å². The van der Waals surface area contributed by atoms with Crippen molar-refractivity contribution in [3.05, 3.63) is 134 Å². The molecule has 0 aliphatic rings. The summed E-state index contributed by atoms with van der Waals surface area (Å²) in [5.41, 5.74) is 0. The van der Waals surface area contributed by atoms with Crippen LogP contribution in [0.3, 0.4) is 0 Å². The minimum absolute atomic E-state index is 0.0141. The lowest BCUT2D eigenvalue weighted by Gasteiger charge is -2.28. The molecule has 416 valence electrons. The molecule has 0 saturated heterocycles. The van der Waals surface area contributed by atoms with Gasteiger partial charge in [-0.25, -0.2) is 0 Å². The molecule has 0 N–H and O–H groups in total. The number of phosphoric acid groups is 1. The lowest BCUT2D eigenvalue weighted by molar-refractivity contribution is -0.870. The van der Waals surface area contributed by atoms with Crippen molar-refractivity contribution in [2.24, 2.45) is 0 Å². The van der Waals surface area contributed by atoms with Gasteiger partial charge in [0.05, 0.1) is 34.4 Å². The van der Waals surface area contributed by atoms with Crippen LogP contribution in [-0.2, 0) is 27.9 Å². The average molecular weight is 1030 g/mol. The Morgan fingerprint density at radius 2 is 0.753 bits per heavy atom. The van der Waals surface area contributed by atoms with E-state index in [0.29, 0.717) is 17.6 Å². The highest BCUT2D eigenvalue weighted by molar-refractivity contribution is 7.45. The van der Waals surface area contributed by atoms with Gasteiger partial charge in [0.25, 0.3) is 7.82 Å². The van der Waals surface area contributed by atoms with Gasteiger partial charge >= 0.3 is 5.97 Å². The third-order valence-corrected chi connectivity index (χ3v) is 12.7. The van der Waals surface area contributed by atoms with E-state index in [-0.39, 0.29) is 32.2 Å². The summed E-state index contributed by atoms with van der Waals surface area (Å²) in [7, 11) is 1.32. The number of likely N-dealkylation sites (N-methyl/N-ethyl adjacent to an activating group) is 1. The SMILES string of the molecule is CC/C=C\C/C=C\C/C=C\C/C=C\C/C=C\C/C=C\CCCCCCCCC(=O)OC(COCCCCCCCCCCCC/C=C\C/C=C\C/C=C\C/C=C\C/C=C\CC)COP(=O)([O-])OCC[N+](C)(C)C. The first-order valence-electron chi connectivity index (χ1n) is 28.9. The first-order chi connectivity index (χ1) is 35.6. The number of phosphoric ester groups is 1. The molecule has 0 aromatic heterocycles. The van der Waals surface area contributed by atoms with Gasteiger partial charge in [-0.3, -0.25) is 9.36 Å². The topological polar surface area (TPSA) is 94.1 Å². The third kappa shape index (κ3) is 59.4. The second-order valence-corrected chi connectivity index (χ2v) is 21.3. The van der Waals surface area contributed by atoms with E-state index < -0.39 is 13.9 Å². The van der Waals surface area contributed by atoms with Crippen LogP contribution < -0.4 is 4.89 Å². The second-order valence-electron chi connectivity index (χ2n) is 19.9. The molecule has 0 aliphatic carbocycles. The van der Waals surface area contributed by atoms with E-state index in [9.17, 15) is 14.3 Å². The number of quaternary nitrogens is 1. The lowest BCUT2D eigenvalue weighted by Crippen LogP contribution is -2.37. The molecular formula is C64H108NO7P. The lowest BCUT2D eigenvalue weighted by atomic mass is 10.1. The van der Waals surface area contributed by atoms with Crippen LogP contribution in [0.4, 0.5) is 0 Å². The molecule has 0 rings (SSSR count). The molecule has 8 nitrogen and oxygen atoms in total. The van der Waals surface area contributed by atoms with Gasteiger partial charge in [-0.2, -0.15) is 0 Å². The van der Waals surface area contributed by atoms with E-state index in [2.05, 4.69) is 148 Å². The Balaban J connectivity index is 4.17. The fraction of sp³-hybridized carbons (Fsp3) is 0.641. The Bertz CT molecular complexity index is 1630. The normalized spacial score (nSPS) is 14.4. The Morgan fingerprint density at radius 3 is 1.12 bits per heavy atom. The number of unbranched alkanes of at least 4 members (excludes halogenated alkanes) is 16. The quantitative estimate of drug-likeness (QED) is 0.0197. The molecule has 0 aromatic rings. The largest absolute Gasteiger partial charge is 0.756 e. The maximum absolute atomic E-state index is 12.8. The first-order valence-corrected chi connectivity index (χ1v) is 30.4. The van der Waals surface area contributed by atoms with Crippen molar-refractivity contribution < 1.29 is 37.3 Å². The molecule has 0 aromatic carbocycles. The molecule has 0 heterocycles. The number of hydrogen-bond donors (Lipinski definition) is 0. The van der Waals surface area contributed by atoms with Crippen molar-refractivity contribution in [2.45, 2.75) is 213 Å². The van der Waals surface area contributed by atoms with Crippen molar-refractivity contribution in [3.8, 4) is 0 Å². The number of carbonyl (C=O) groups is 1. The standard InChI is InChI=1S/C64H108NO7P/c1-6-8-10-12-14-16-18-20-22-24-26-28-30-32-34-36-38-40-42-44-46-48-50-52-54-56-59-69-61-63(62-71-73(67,68)70-60-58-65(3,4)5)72-64(66)57-55-53-51-49-47-45-43-41-39-37-35-33-31-29-27-25-23-21-19-17-15-13-11-9-7-2/h8-11,14-17,20-23,26-29,32-35,39,41,63H,6-7,12-13,18-19,24-25,30-31,36-38,40,42-62H2,1-5H3/b10-8-,11-9-,16-14-,17-15-,22-20-,23-21-,28-26-,29-27-,34-32-,35-33-,41-39-. The summed E-state index contributed by atoms with van der Waals surface area (Å²) >= 11 is 0. The van der Waals surface area contributed by atoms with Gasteiger partial charge in [0.15, 0.2) is 0 Å². The number of hydrogen-bond acceptors (Lipinski definition) is 7. The zero-order chi connectivity index (χ0) is 53.3. The minimum Gasteiger partial charge on any atom is -0.756 e. The van der Waals surface area contributed by atoms with Crippen LogP contribution in [0.15, 0.2) is 134 Å². The van der Waals surface area contributed by atoms with Gasteiger partial charge in [-0.1, -0.05) is 225 Å². The van der Waals surface area contributed by atoms with Gasteiger partial charge in [-0.05, 0) is 109 Å². The van der Waals surface area contributed by atoms with E-state index in [4.69, 9.17) is 18.5 Å². The highest BCUT2D eigenvalue weighted by atomic mass is 31.2. The van der Waals surface area contributed by atoms with Crippen molar-refractivity contribution in [3.63, 3.8) is 0 Å². The molecule has 0 amide bonds. The van der Waals surface area contributed by atoms with E-state index in [0.717, 1.165) is 116 Å². The molecule has 0 radical (unpaired) electrons. The van der Waals surface area contributed by atoms with Crippen molar-refractivity contribution in [1.29, 1.82) is 0 Å². The van der Waals surface area contributed by atoms with Crippen molar-refractivity contribution >= 4 is 13.8 Å². The predicted molar refractivity (Wildman–Crippen MR) is 314 cm³/mol. The maximum atomic E-state index is 12.8. The Morgan fingerprint density at radius 1 is 0.425 bits per heavy atom. The van der Waals surface area contributed by atoms with Crippen LogP contribution in [-0.4, -0.2) is 70.7 Å². The summed E-state index contributed by atoms with van der Waals surface area (Å²) in [6.45, 7) is 5.13. The van der Waals surface area contributed by atoms with E-state index in [1.54, 1.807) is 0 Å². The fourth-order valence-corrected chi connectivity index (χ4v) is 8.07. The molecule has 0 aliphatic heterocycles. The van der Waals surface area contributed by atoms with Crippen LogP contribution in [0, 0.1) is 0 Å². The van der Waals surface area contributed by atoms with Crippen LogP contribution in [0.25, 0.3) is 0 Å². The van der Waals surface area contributed by atoms with Gasteiger partial charge in [0.1, 0.15) is 19.3 Å². The average Bonchev–Trinajstić information content (AvgIpc) is 3.35. The van der Waals surface area contributed by atoms with Gasteiger partial charge in [0, 0.05) is 13.0 Å². The minimum atomic E-state index is -4.55. The van der Waals surface area contributed by atoms with Crippen LogP contribution in [0.1, 0.15) is 206 Å². The highest BCUT2D eigenvalue weighted by Gasteiger charge is 2.20. The maximum Gasteiger partial charge on any atom is 0.306 e. The number of ether oxygens (including phenoxy) is 2. The molecule has 0 spiro atoms. The zero-order valence-electron chi connectivity index (χ0n) is 47.3. The van der Waals surface area contributed by atoms with Crippen molar-refractivity contribution in [1.82, 2.24) is 0 Å². The summed E-state index contributed by atoms with van der Waals surface area (Å²) in [6.07, 6.45) is 80.6. The van der Waals surface area contributed by atoms with Crippen molar-refractivity contribution in [2.75, 3.05) is 54.1 Å². The summed E-state index contributed by atoms with van der Waals surface area (Å²) in [6, 6.07) is 0. The third-order valence-electron chi connectivity index (χ3n) is 11.7. The van der Waals surface area contributed by atoms with Crippen LogP contribution in [0.2, 0.25) is 0 Å². The highest BCUT2D eigenvalue weighted by Crippen LogP contribution is 2.38. The van der Waals surface area contributed by atoms with E-state index in [1.165, 1.54) is 70.6 Å². The number of rotatable bonds is 52. The first kappa shape index (κ1) is 69.6. The summed E-state index contributed by atoms with van der Waals surface area (Å²) in [5, 5.41) is 0. The number of carbonyl (C=O) groups excluding carboxylic acids is 1. The molecule has 0 fully saturated rings. The fourth-order valence-electron chi connectivity index (χ4n) is 7.34. The summed E-state index contributed by atoms with van der Waals surface area (Å²) in [5.74, 6) is -0.355. The molecular weight excluding hydrogens is 926 g/mol. The second kappa shape index (κ2) is 54.9. The van der Waals surface area contributed by atoms with Gasteiger partial charge in [0.2, 0.25) is 0 Å². The Kier molecular flexibility index (Phi) is 52.4. The van der Waals surface area contributed by atoms with Gasteiger partial charge in [-0.15, -0.1) is 0 Å². The molecule has 2 unspecified atom stereocenters. The van der Waals surface area contributed by atoms with E-state index in [1.807, 2.05) is 21.1 Å². The molecule has 2 atom stereocenters. The van der Waals surface area contributed by atoms with Crippen LogP contribution in [0.5, 0.6) is 0 Å². The van der Waals surface area contributed by atoms with Gasteiger partial charge < -0.3 is 27.9 Å². The monoisotopic (exact) mass is 1030 g/mol. The summed E-state index contributed by atoms with van der Waals surface area (Å²) < 4.78 is 34.8. The Labute approximate surface area is 449 Å². The summed E-state index contributed by atoms with van der Waals surface area (Å²) in [4.78, 5) is 25.3. The Hall–Kier alpha value is -3.36. The van der Waals surface area contributed by atoms with Crippen LogP contribution >= 0.6 is 7.82 Å². The number of allylic oxidation sites excluding steroid dienone is 22. The molecule has 0 bridgehead atoms. The molecule has 9 heteroatoms. The number of esters is 1. The molecule has 73 heavy (non-hydrogen) atoms. The number of nitrogens with zero attached hydrogens (tertiary/aromatic N) is 1. The smallest absolute Gasteiger partial charge is 0.306 e. The predicted octanol–water partition coefficient (Wildman–Crippen LogP) is 18.0. The zero-order valence-corrected chi connectivity index (χ0v) is 48.2.